The number of carbonyl (C=O) groups is 1. The van der Waals surface area contributed by atoms with Crippen LogP contribution in [0.2, 0.25) is 0 Å². The van der Waals surface area contributed by atoms with Gasteiger partial charge < -0.3 is 15.4 Å². The molecule has 3 rings (SSSR count). The summed E-state index contributed by atoms with van der Waals surface area (Å²) in [5.74, 6) is 0.983. The standard InChI is InChI=1S/C20H24N2O2.ClH/c23-20(19-7-4-13-21-19)22-14-12-16-8-10-18(11-9-16)24-15-17-5-2-1-3-6-17;/h1-3,5-6,8-11,19,21H,4,7,12-15H2,(H,22,23);1H. The molecule has 0 aliphatic carbocycles. The molecule has 1 aliphatic rings. The number of rotatable bonds is 7. The largest absolute Gasteiger partial charge is 0.489 e. The monoisotopic (exact) mass is 360 g/mol. The van der Waals surface area contributed by atoms with Gasteiger partial charge in [-0.25, -0.2) is 0 Å². The number of benzene rings is 2. The molecule has 1 atom stereocenters. The zero-order valence-corrected chi connectivity index (χ0v) is 15.1. The molecule has 2 N–H and O–H groups in total. The maximum atomic E-state index is 11.9. The number of halogens is 1. The molecule has 134 valence electrons. The number of carbonyl (C=O) groups excluding carboxylic acids is 1. The predicted octanol–water partition coefficient (Wildman–Crippen LogP) is 3.10. The van der Waals surface area contributed by atoms with Crippen molar-refractivity contribution >= 4 is 18.3 Å². The van der Waals surface area contributed by atoms with Gasteiger partial charge in [0.15, 0.2) is 0 Å². The Morgan fingerprint density at radius 1 is 1.08 bits per heavy atom. The van der Waals surface area contributed by atoms with E-state index >= 15 is 0 Å². The zero-order valence-electron chi connectivity index (χ0n) is 14.2. The van der Waals surface area contributed by atoms with E-state index in [1.165, 1.54) is 5.56 Å². The van der Waals surface area contributed by atoms with Gasteiger partial charge in [0, 0.05) is 6.54 Å². The van der Waals surface area contributed by atoms with Crippen molar-refractivity contribution in [3.05, 3.63) is 65.7 Å². The van der Waals surface area contributed by atoms with Crippen molar-refractivity contribution in [3.63, 3.8) is 0 Å². The molecule has 4 nitrogen and oxygen atoms in total. The van der Waals surface area contributed by atoms with E-state index < -0.39 is 0 Å². The smallest absolute Gasteiger partial charge is 0.237 e. The molecule has 25 heavy (non-hydrogen) atoms. The van der Waals surface area contributed by atoms with Crippen molar-refractivity contribution in [2.75, 3.05) is 13.1 Å². The number of ether oxygens (including phenoxy) is 1. The lowest BCUT2D eigenvalue weighted by atomic mass is 10.1. The van der Waals surface area contributed by atoms with Crippen molar-refractivity contribution in [1.82, 2.24) is 10.6 Å². The number of amides is 1. The molecule has 0 bridgehead atoms. The maximum Gasteiger partial charge on any atom is 0.237 e. The number of hydrogen-bond acceptors (Lipinski definition) is 3. The summed E-state index contributed by atoms with van der Waals surface area (Å²) < 4.78 is 5.78. The highest BCUT2D eigenvalue weighted by Gasteiger charge is 2.21. The Morgan fingerprint density at radius 2 is 1.84 bits per heavy atom. The lowest BCUT2D eigenvalue weighted by molar-refractivity contribution is -0.122. The minimum atomic E-state index is -0.00115. The summed E-state index contributed by atoms with van der Waals surface area (Å²) in [6, 6.07) is 18.2. The van der Waals surface area contributed by atoms with E-state index in [4.69, 9.17) is 4.74 Å². The quantitative estimate of drug-likeness (QED) is 0.797. The Hall–Kier alpha value is -2.04. The molecule has 0 saturated carbocycles. The van der Waals surface area contributed by atoms with Gasteiger partial charge in [0.05, 0.1) is 6.04 Å². The fourth-order valence-corrected chi connectivity index (χ4v) is 2.85. The second kappa shape index (κ2) is 10.1. The van der Waals surface area contributed by atoms with E-state index in [1.807, 2.05) is 30.3 Å². The molecule has 2 aromatic carbocycles. The zero-order chi connectivity index (χ0) is 16.6. The van der Waals surface area contributed by atoms with Gasteiger partial charge in [0.25, 0.3) is 0 Å². The highest BCUT2D eigenvalue weighted by molar-refractivity contribution is 5.85. The normalized spacial score (nSPS) is 16.1. The van der Waals surface area contributed by atoms with E-state index in [2.05, 4.69) is 34.9 Å². The van der Waals surface area contributed by atoms with Crippen molar-refractivity contribution in [1.29, 1.82) is 0 Å². The molecule has 2 aromatic rings. The highest BCUT2D eigenvalue weighted by Crippen LogP contribution is 2.14. The third-order valence-corrected chi connectivity index (χ3v) is 4.26. The minimum absolute atomic E-state index is 0. The van der Waals surface area contributed by atoms with Crippen LogP contribution in [-0.4, -0.2) is 25.0 Å². The summed E-state index contributed by atoms with van der Waals surface area (Å²) in [6.07, 6.45) is 2.86. The van der Waals surface area contributed by atoms with E-state index in [0.29, 0.717) is 13.2 Å². The molecule has 0 aromatic heterocycles. The average molecular weight is 361 g/mol. The predicted molar refractivity (Wildman–Crippen MR) is 102 cm³/mol. The molecule has 1 heterocycles. The Morgan fingerprint density at radius 3 is 2.52 bits per heavy atom. The topological polar surface area (TPSA) is 50.4 Å². The van der Waals surface area contributed by atoms with Gasteiger partial charge in [0.2, 0.25) is 5.91 Å². The fraction of sp³-hybridized carbons (Fsp3) is 0.350. The summed E-state index contributed by atoms with van der Waals surface area (Å²) in [6.45, 7) is 2.19. The molecular weight excluding hydrogens is 336 g/mol. The van der Waals surface area contributed by atoms with Crippen LogP contribution in [0.25, 0.3) is 0 Å². The van der Waals surface area contributed by atoms with Gasteiger partial charge in [-0.3, -0.25) is 4.79 Å². The van der Waals surface area contributed by atoms with Crippen LogP contribution < -0.4 is 15.4 Å². The molecule has 0 radical (unpaired) electrons. The van der Waals surface area contributed by atoms with Crippen LogP contribution in [-0.2, 0) is 17.8 Å². The second-order valence-electron chi connectivity index (χ2n) is 6.11. The summed E-state index contributed by atoms with van der Waals surface area (Å²) in [4.78, 5) is 11.9. The molecule has 1 fully saturated rings. The van der Waals surface area contributed by atoms with Gasteiger partial charge in [-0.1, -0.05) is 42.5 Å². The van der Waals surface area contributed by atoms with Gasteiger partial charge >= 0.3 is 0 Å². The average Bonchev–Trinajstić information content (AvgIpc) is 3.17. The minimum Gasteiger partial charge on any atom is -0.489 e. The molecule has 1 amide bonds. The number of hydrogen-bond donors (Lipinski definition) is 2. The van der Waals surface area contributed by atoms with E-state index in [1.54, 1.807) is 0 Å². The third kappa shape index (κ3) is 6.07. The Balaban J connectivity index is 0.00000225. The lowest BCUT2D eigenvalue weighted by Gasteiger charge is -2.11. The Labute approximate surface area is 155 Å². The van der Waals surface area contributed by atoms with Crippen LogP contribution in [0.15, 0.2) is 54.6 Å². The number of nitrogens with one attached hydrogen (secondary N) is 2. The van der Waals surface area contributed by atoms with Gasteiger partial charge in [-0.15, -0.1) is 12.4 Å². The first-order valence-corrected chi connectivity index (χ1v) is 8.58. The van der Waals surface area contributed by atoms with Gasteiger partial charge in [-0.2, -0.15) is 0 Å². The summed E-state index contributed by atoms with van der Waals surface area (Å²) >= 11 is 0. The lowest BCUT2D eigenvalue weighted by Crippen LogP contribution is -2.41. The SMILES string of the molecule is Cl.O=C(NCCc1ccc(OCc2ccccc2)cc1)C1CCCN1. The van der Waals surface area contributed by atoms with Crippen LogP contribution in [0.5, 0.6) is 5.75 Å². The van der Waals surface area contributed by atoms with E-state index in [-0.39, 0.29) is 24.4 Å². The first-order valence-electron chi connectivity index (χ1n) is 8.58. The molecule has 1 saturated heterocycles. The molecular formula is C20H25ClN2O2. The molecule has 0 spiro atoms. The first kappa shape index (κ1) is 19.3. The van der Waals surface area contributed by atoms with Crippen molar-refractivity contribution in [2.24, 2.45) is 0 Å². The van der Waals surface area contributed by atoms with Crippen LogP contribution in [0.1, 0.15) is 24.0 Å². The molecule has 1 unspecified atom stereocenters. The fourth-order valence-electron chi connectivity index (χ4n) is 2.85. The molecule has 5 heteroatoms. The third-order valence-electron chi connectivity index (χ3n) is 4.26. The summed E-state index contributed by atoms with van der Waals surface area (Å²) in [5.41, 5.74) is 2.35. The van der Waals surface area contributed by atoms with Crippen LogP contribution in [0.4, 0.5) is 0 Å². The highest BCUT2D eigenvalue weighted by atomic mass is 35.5. The Bertz CT molecular complexity index is 641. The summed E-state index contributed by atoms with van der Waals surface area (Å²) in [5, 5.41) is 6.21. The van der Waals surface area contributed by atoms with Crippen molar-refractivity contribution in [2.45, 2.75) is 31.9 Å². The van der Waals surface area contributed by atoms with Gasteiger partial charge in [0.1, 0.15) is 12.4 Å². The molecule has 1 aliphatic heterocycles. The van der Waals surface area contributed by atoms with Crippen molar-refractivity contribution < 1.29 is 9.53 Å². The summed E-state index contributed by atoms with van der Waals surface area (Å²) in [7, 11) is 0. The Kier molecular flexibility index (Phi) is 7.76. The first-order chi connectivity index (χ1) is 11.8. The van der Waals surface area contributed by atoms with Crippen LogP contribution >= 0.6 is 12.4 Å². The van der Waals surface area contributed by atoms with Crippen LogP contribution in [0, 0.1) is 0 Å². The maximum absolute atomic E-state index is 11.9. The van der Waals surface area contributed by atoms with E-state index in [0.717, 1.165) is 37.1 Å². The van der Waals surface area contributed by atoms with Crippen LogP contribution in [0.3, 0.4) is 0 Å². The van der Waals surface area contributed by atoms with Gasteiger partial charge in [-0.05, 0) is 49.1 Å². The van der Waals surface area contributed by atoms with E-state index in [9.17, 15) is 4.79 Å². The second-order valence-corrected chi connectivity index (χ2v) is 6.11. The van der Waals surface area contributed by atoms with Crippen molar-refractivity contribution in [3.8, 4) is 5.75 Å².